The van der Waals surface area contributed by atoms with Crippen molar-refractivity contribution in [3.63, 3.8) is 0 Å². The Labute approximate surface area is 339 Å². The van der Waals surface area contributed by atoms with E-state index in [1.54, 1.807) is 0 Å². The smallest absolute Gasteiger partial charge is 0.0496 e. The fourth-order valence-corrected chi connectivity index (χ4v) is 10.1. The Bertz CT molecular complexity index is 2490. The van der Waals surface area contributed by atoms with Crippen LogP contribution in [0, 0.1) is 0 Å². The molecule has 0 atom stereocenters. The maximum absolute atomic E-state index is 2.58. The highest BCUT2D eigenvalue weighted by atomic mass is 15.2. The van der Waals surface area contributed by atoms with Crippen molar-refractivity contribution in [1.29, 1.82) is 0 Å². The maximum Gasteiger partial charge on any atom is 0.0496 e. The quantitative estimate of drug-likeness (QED) is 0.161. The van der Waals surface area contributed by atoms with Gasteiger partial charge in [-0.3, -0.25) is 0 Å². The molecule has 0 amide bonds. The number of nitrogens with zero attached hydrogens (tertiary/aromatic N) is 2. The van der Waals surface area contributed by atoms with Crippen LogP contribution in [0.5, 0.6) is 0 Å². The lowest BCUT2D eigenvalue weighted by molar-refractivity contribution is 0.443. The summed E-state index contributed by atoms with van der Waals surface area (Å²) in [6.45, 7) is 4.79. The molecule has 0 heterocycles. The average Bonchev–Trinajstić information content (AvgIpc) is 3.49. The average molecular weight is 741 g/mol. The van der Waals surface area contributed by atoms with Crippen LogP contribution in [-0.2, 0) is 31.1 Å². The zero-order valence-electron chi connectivity index (χ0n) is 33.4. The number of rotatable bonds is 7. The molecule has 0 aliphatic heterocycles. The molecule has 13 rings (SSSR count). The van der Waals surface area contributed by atoms with Gasteiger partial charge in [0, 0.05) is 39.5 Å². The lowest BCUT2D eigenvalue weighted by Crippen LogP contribution is -2.18. The van der Waals surface area contributed by atoms with Crippen LogP contribution >= 0.6 is 0 Å². The molecule has 6 aliphatic rings. The Morgan fingerprint density at radius 2 is 0.930 bits per heavy atom. The topological polar surface area (TPSA) is 6.48 Å². The predicted molar refractivity (Wildman–Crippen MR) is 240 cm³/mol. The predicted octanol–water partition coefficient (Wildman–Crippen LogP) is 14.9. The highest BCUT2D eigenvalue weighted by molar-refractivity contribution is 5.86. The largest absolute Gasteiger partial charge is 0.310 e. The van der Waals surface area contributed by atoms with E-state index < -0.39 is 0 Å². The minimum atomic E-state index is -0.0724. The molecule has 0 N–H and O–H groups in total. The van der Waals surface area contributed by atoms with Crippen LogP contribution in [-0.4, -0.2) is 0 Å². The second-order valence-corrected chi connectivity index (χ2v) is 17.1. The first kappa shape index (κ1) is 35.5. The summed E-state index contributed by atoms with van der Waals surface area (Å²) >= 11 is 0. The van der Waals surface area contributed by atoms with Crippen LogP contribution in [0.25, 0.3) is 11.1 Å². The summed E-state index contributed by atoms with van der Waals surface area (Å²) in [6, 6.07) is 62.2. The van der Waals surface area contributed by atoms with Gasteiger partial charge in [-0.25, -0.2) is 0 Å². The summed E-state index contributed by atoms with van der Waals surface area (Å²) in [5.41, 5.74) is 19.9. The number of hydrogen-bond acceptors (Lipinski definition) is 2. The van der Waals surface area contributed by atoms with Crippen molar-refractivity contribution in [3.05, 3.63) is 203 Å². The Balaban J connectivity index is 1.07. The first-order valence-corrected chi connectivity index (χ1v) is 21.3. The molecular formula is C55H52N2. The molecule has 0 spiro atoms. The van der Waals surface area contributed by atoms with Gasteiger partial charge in [-0.15, -0.1) is 0 Å². The van der Waals surface area contributed by atoms with Gasteiger partial charge in [0.15, 0.2) is 0 Å². The molecule has 57 heavy (non-hydrogen) atoms. The van der Waals surface area contributed by atoms with Crippen molar-refractivity contribution in [1.82, 2.24) is 0 Å². The third-order valence-corrected chi connectivity index (χ3v) is 13.2. The number of benzene rings is 7. The molecule has 1 saturated carbocycles. The molecule has 282 valence electrons. The summed E-state index contributed by atoms with van der Waals surface area (Å²) in [4.78, 5) is 5.03. The minimum absolute atomic E-state index is 0.0724. The maximum atomic E-state index is 2.58. The number of fused-ring (bicyclic) bond motifs is 3. The third kappa shape index (κ3) is 6.65. The first-order valence-electron chi connectivity index (χ1n) is 21.3. The Morgan fingerprint density at radius 3 is 1.54 bits per heavy atom. The van der Waals surface area contributed by atoms with Gasteiger partial charge in [-0.2, -0.15) is 0 Å². The highest BCUT2D eigenvalue weighted by Gasteiger charge is 2.36. The second-order valence-electron chi connectivity index (χ2n) is 17.1. The molecule has 2 nitrogen and oxygen atoms in total. The number of hydrogen-bond donors (Lipinski definition) is 0. The minimum Gasteiger partial charge on any atom is -0.310 e. The molecule has 4 bridgehead atoms. The van der Waals surface area contributed by atoms with Gasteiger partial charge in [0.1, 0.15) is 0 Å². The number of para-hydroxylation sites is 2. The van der Waals surface area contributed by atoms with E-state index in [1.165, 1.54) is 116 Å². The van der Waals surface area contributed by atoms with Crippen LogP contribution in [0.4, 0.5) is 34.1 Å². The molecule has 7 aromatic carbocycles. The standard InChI is InChI=1S/C55H52N2/c1-55(2)51-21-13-12-20-49(51)50-35-34-48(38-52(50)55)57(47-32-30-42(31-33-47)41-14-6-3-7-15-41)54-37-40-23-27-43-26-22-39(24-28-44(54)29-25-40)36-53(43)56(45-16-8-4-9-17-45)46-18-10-5-11-19-46/h4-5,8-13,16-22,25-26,29-38,41H,3,6-7,14-15,23-24,27-28H2,1-2H3. The third-order valence-electron chi connectivity index (χ3n) is 13.2. The van der Waals surface area contributed by atoms with Gasteiger partial charge >= 0.3 is 0 Å². The molecule has 0 unspecified atom stereocenters. The van der Waals surface area contributed by atoms with Crippen molar-refractivity contribution in [3.8, 4) is 11.1 Å². The molecule has 7 aromatic rings. The van der Waals surface area contributed by atoms with E-state index in [-0.39, 0.29) is 5.41 Å². The van der Waals surface area contributed by atoms with Gasteiger partial charge in [-0.1, -0.05) is 136 Å². The molecule has 0 aromatic heterocycles. The molecular weight excluding hydrogens is 689 g/mol. The number of anilines is 6. The normalized spacial score (nSPS) is 15.7. The Kier molecular flexibility index (Phi) is 9.29. The SMILES string of the molecule is CC1(C)c2ccccc2-c2ccc(N(c3ccc(C4CCCCC4)cc3)c3cc4ccc3CCc3ccc(c(N(c5ccccc5)c5ccccc5)c3)CC4)cc21. The van der Waals surface area contributed by atoms with Gasteiger partial charge in [0.2, 0.25) is 0 Å². The van der Waals surface area contributed by atoms with Crippen molar-refractivity contribution in [2.45, 2.75) is 83.0 Å². The molecule has 0 saturated heterocycles. The monoisotopic (exact) mass is 740 g/mol. The zero-order valence-corrected chi connectivity index (χ0v) is 33.4. The van der Waals surface area contributed by atoms with E-state index in [0.717, 1.165) is 25.7 Å². The molecule has 1 fully saturated rings. The van der Waals surface area contributed by atoms with E-state index in [4.69, 9.17) is 0 Å². The Morgan fingerprint density at radius 1 is 0.421 bits per heavy atom. The molecule has 0 radical (unpaired) electrons. The van der Waals surface area contributed by atoms with Crippen molar-refractivity contribution < 1.29 is 0 Å². The van der Waals surface area contributed by atoms with Gasteiger partial charge in [0.05, 0.1) is 0 Å². The summed E-state index contributed by atoms with van der Waals surface area (Å²) in [5, 5.41) is 0. The van der Waals surface area contributed by atoms with Crippen LogP contribution in [0.2, 0.25) is 0 Å². The summed E-state index contributed by atoms with van der Waals surface area (Å²) in [5.74, 6) is 0.681. The lowest BCUT2D eigenvalue weighted by atomic mass is 9.82. The molecule has 2 heteroatoms. The summed E-state index contributed by atoms with van der Waals surface area (Å²) in [6.07, 6.45) is 10.5. The highest BCUT2D eigenvalue weighted by Crippen LogP contribution is 2.51. The van der Waals surface area contributed by atoms with Crippen LogP contribution in [0.3, 0.4) is 0 Å². The van der Waals surface area contributed by atoms with Gasteiger partial charge < -0.3 is 9.80 Å². The fraction of sp³-hybridized carbons (Fsp3) is 0.236. The van der Waals surface area contributed by atoms with Crippen LogP contribution in [0.15, 0.2) is 164 Å². The van der Waals surface area contributed by atoms with E-state index >= 15 is 0 Å². The fourth-order valence-electron chi connectivity index (χ4n) is 10.1. The van der Waals surface area contributed by atoms with E-state index in [0.29, 0.717) is 5.92 Å². The zero-order chi connectivity index (χ0) is 38.3. The van der Waals surface area contributed by atoms with Crippen LogP contribution < -0.4 is 9.80 Å². The van der Waals surface area contributed by atoms with E-state index in [2.05, 4.69) is 187 Å². The van der Waals surface area contributed by atoms with Gasteiger partial charge in [0.25, 0.3) is 0 Å². The lowest BCUT2D eigenvalue weighted by Gasteiger charge is -2.31. The van der Waals surface area contributed by atoms with Gasteiger partial charge in [-0.05, 0) is 155 Å². The van der Waals surface area contributed by atoms with Crippen LogP contribution in [0.1, 0.15) is 90.8 Å². The van der Waals surface area contributed by atoms with Crippen molar-refractivity contribution in [2.24, 2.45) is 0 Å². The van der Waals surface area contributed by atoms with Crippen molar-refractivity contribution in [2.75, 3.05) is 9.80 Å². The van der Waals surface area contributed by atoms with E-state index in [9.17, 15) is 0 Å². The summed E-state index contributed by atoms with van der Waals surface area (Å²) < 4.78 is 0. The second kappa shape index (κ2) is 14.9. The summed E-state index contributed by atoms with van der Waals surface area (Å²) in [7, 11) is 0. The van der Waals surface area contributed by atoms with E-state index in [1.807, 2.05) is 0 Å². The van der Waals surface area contributed by atoms with Crippen molar-refractivity contribution >= 4 is 34.1 Å². The molecule has 6 aliphatic carbocycles. The Hall–Kier alpha value is -5.86. The first-order chi connectivity index (χ1) is 28.0. The number of aryl methyl sites for hydroxylation is 4.